The van der Waals surface area contributed by atoms with Gasteiger partial charge in [-0.25, -0.2) is 9.97 Å². The molecule has 0 aliphatic heterocycles. The van der Waals surface area contributed by atoms with E-state index in [1.165, 1.54) is 0 Å². The summed E-state index contributed by atoms with van der Waals surface area (Å²) in [5, 5.41) is 0. The zero-order chi connectivity index (χ0) is 12.5. The average Bonchev–Trinajstić information content (AvgIpc) is 2.38. The van der Waals surface area contributed by atoms with Crippen molar-refractivity contribution in [3.8, 4) is 11.3 Å². The Balaban J connectivity index is 2.26. The minimum Gasteiger partial charge on any atom is -0.382 e. The van der Waals surface area contributed by atoms with E-state index in [1.54, 1.807) is 12.4 Å². The normalized spacial score (nSPS) is 10.7. The number of pyridine rings is 1. The highest BCUT2D eigenvalue weighted by atomic mass is 14.9. The molecule has 4 heteroatoms. The minimum absolute atomic E-state index is 0.432. The van der Waals surface area contributed by atoms with E-state index in [4.69, 9.17) is 5.73 Å². The number of fused-ring (bicyclic) bond motifs is 1. The molecule has 0 fully saturated rings. The van der Waals surface area contributed by atoms with Gasteiger partial charge >= 0.3 is 0 Å². The lowest BCUT2D eigenvalue weighted by atomic mass is 10.1. The number of nitrogen functional groups attached to an aromatic ring is 1. The molecular formula is C14H12N4. The molecule has 3 aromatic rings. The zero-order valence-corrected chi connectivity index (χ0v) is 9.96. The molecule has 0 aliphatic rings. The van der Waals surface area contributed by atoms with Crippen molar-refractivity contribution in [1.82, 2.24) is 15.0 Å². The van der Waals surface area contributed by atoms with E-state index in [-0.39, 0.29) is 0 Å². The topological polar surface area (TPSA) is 64.7 Å². The van der Waals surface area contributed by atoms with Gasteiger partial charge < -0.3 is 5.73 Å². The second-order valence-corrected chi connectivity index (χ2v) is 4.20. The lowest BCUT2D eigenvalue weighted by Crippen LogP contribution is -1.98. The highest BCUT2D eigenvalue weighted by Gasteiger charge is 2.08. The highest BCUT2D eigenvalue weighted by Crippen LogP contribution is 2.24. The molecule has 0 unspecified atom stereocenters. The molecule has 4 nitrogen and oxygen atoms in total. The summed E-state index contributed by atoms with van der Waals surface area (Å²) in [6.45, 7) is 1.99. The second-order valence-electron chi connectivity index (χ2n) is 4.20. The molecule has 0 spiro atoms. The van der Waals surface area contributed by atoms with Crippen molar-refractivity contribution in [2.24, 2.45) is 0 Å². The van der Waals surface area contributed by atoms with Gasteiger partial charge in [-0.3, -0.25) is 4.98 Å². The van der Waals surface area contributed by atoms with Gasteiger partial charge in [-0.2, -0.15) is 0 Å². The smallest absolute Gasteiger partial charge is 0.150 e. The van der Waals surface area contributed by atoms with Crippen LogP contribution in [0.25, 0.3) is 22.3 Å². The van der Waals surface area contributed by atoms with E-state index in [1.807, 2.05) is 37.3 Å². The molecule has 0 bridgehead atoms. The monoisotopic (exact) mass is 236 g/mol. The molecule has 3 rings (SSSR count). The largest absolute Gasteiger partial charge is 0.382 e. The first-order valence-electron chi connectivity index (χ1n) is 5.68. The van der Waals surface area contributed by atoms with Crippen LogP contribution in [0.5, 0.6) is 0 Å². The second kappa shape index (κ2) is 4.07. The molecule has 88 valence electrons. The Morgan fingerprint density at radius 2 is 1.72 bits per heavy atom. The summed E-state index contributed by atoms with van der Waals surface area (Å²) < 4.78 is 0. The predicted octanol–water partition coefficient (Wildman–Crippen LogP) is 2.58. The van der Waals surface area contributed by atoms with Gasteiger partial charge in [-0.05, 0) is 30.7 Å². The van der Waals surface area contributed by atoms with Gasteiger partial charge in [0.15, 0.2) is 5.82 Å². The average molecular weight is 236 g/mol. The first-order valence-corrected chi connectivity index (χ1v) is 5.68. The van der Waals surface area contributed by atoms with E-state index >= 15 is 0 Å². The molecule has 18 heavy (non-hydrogen) atoms. The fraction of sp³-hybridized carbons (Fsp3) is 0.0714. The van der Waals surface area contributed by atoms with Crippen LogP contribution in [0.2, 0.25) is 0 Å². The Bertz CT molecular complexity index is 722. The lowest BCUT2D eigenvalue weighted by Gasteiger charge is -2.06. The van der Waals surface area contributed by atoms with E-state index in [0.717, 1.165) is 22.2 Å². The first-order chi connectivity index (χ1) is 8.74. The molecule has 0 radical (unpaired) electrons. The summed E-state index contributed by atoms with van der Waals surface area (Å²) in [5.41, 5.74) is 10.3. The fourth-order valence-corrected chi connectivity index (χ4v) is 1.91. The standard InChI is InChI=1S/C14H12N4/c1-9-6-10(8-16-7-9)13-14(15)18-12-5-3-2-4-11(12)17-13/h2-8H,1H3,(H2,15,18). The molecule has 0 atom stereocenters. The van der Waals surface area contributed by atoms with Crippen LogP contribution in [0.4, 0.5) is 5.82 Å². The van der Waals surface area contributed by atoms with Crippen molar-refractivity contribution in [2.75, 3.05) is 5.73 Å². The van der Waals surface area contributed by atoms with Crippen LogP contribution < -0.4 is 5.73 Å². The maximum Gasteiger partial charge on any atom is 0.150 e. The SMILES string of the molecule is Cc1cncc(-c2nc3ccccc3nc2N)c1. The maximum atomic E-state index is 5.97. The van der Waals surface area contributed by atoms with Crippen LogP contribution >= 0.6 is 0 Å². The minimum atomic E-state index is 0.432. The van der Waals surface area contributed by atoms with E-state index in [9.17, 15) is 0 Å². The predicted molar refractivity (Wildman–Crippen MR) is 71.9 cm³/mol. The fourth-order valence-electron chi connectivity index (χ4n) is 1.91. The van der Waals surface area contributed by atoms with Gasteiger partial charge in [0.2, 0.25) is 0 Å². The molecule has 0 amide bonds. The van der Waals surface area contributed by atoms with E-state index in [2.05, 4.69) is 15.0 Å². The number of anilines is 1. The van der Waals surface area contributed by atoms with Crippen LogP contribution in [-0.2, 0) is 0 Å². The Hall–Kier alpha value is -2.49. The molecule has 1 aromatic carbocycles. The lowest BCUT2D eigenvalue weighted by molar-refractivity contribution is 1.24. The summed E-state index contributed by atoms with van der Waals surface area (Å²) in [5.74, 6) is 0.432. The van der Waals surface area contributed by atoms with Crippen LogP contribution in [0.1, 0.15) is 5.56 Å². The number of nitrogens with two attached hydrogens (primary N) is 1. The van der Waals surface area contributed by atoms with Gasteiger partial charge in [0.1, 0.15) is 5.69 Å². The molecule has 0 saturated heterocycles. The molecular weight excluding hydrogens is 224 g/mol. The summed E-state index contributed by atoms with van der Waals surface area (Å²) in [6.07, 6.45) is 3.55. The van der Waals surface area contributed by atoms with Gasteiger partial charge in [-0.15, -0.1) is 0 Å². The van der Waals surface area contributed by atoms with Crippen LogP contribution in [0.15, 0.2) is 42.7 Å². The third-order valence-corrected chi connectivity index (χ3v) is 2.75. The summed E-state index contributed by atoms with van der Waals surface area (Å²) in [6, 6.07) is 9.68. The molecule has 2 N–H and O–H groups in total. The highest BCUT2D eigenvalue weighted by molar-refractivity contribution is 5.82. The Labute approximate surface area is 105 Å². The van der Waals surface area contributed by atoms with Gasteiger partial charge in [0.05, 0.1) is 11.0 Å². The number of nitrogens with zero attached hydrogens (tertiary/aromatic N) is 3. The number of aryl methyl sites for hydroxylation is 1. The molecule has 2 heterocycles. The number of rotatable bonds is 1. The van der Waals surface area contributed by atoms with Crippen LogP contribution in [-0.4, -0.2) is 15.0 Å². The Morgan fingerprint density at radius 1 is 1.00 bits per heavy atom. The molecule has 0 aliphatic carbocycles. The Morgan fingerprint density at radius 3 is 2.44 bits per heavy atom. The number of hydrogen-bond acceptors (Lipinski definition) is 4. The third-order valence-electron chi connectivity index (χ3n) is 2.75. The summed E-state index contributed by atoms with van der Waals surface area (Å²) >= 11 is 0. The summed E-state index contributed by atoms with van der Waals surface area (Å²) in [4.78, 5) is 13.1. The van der Waals surface area contributed by atoms with Crippen molar-refractivity contribution < 1.29 is 0 Å². The van der Waals surface area contributed by atoms with Crippen molar-refractivity contribution in [2.45, 2.75) is 6.92 Å². The maximum absolute atomic E-state index is 5.97. The summed E-state index contributed by atoms with van der Waals surface area (Å²) in [7, 11) is 0. The number of aromatic nitrogens is 3. The van der Waals surface area contributed by atoms with Crippen molar-refractivity contribution in [3.63, 3.8) is 0 Å². The quantitative estimate of drug-likeness (QED) is 0.705. The number of hydrogen-bond donors (Lipinski definition) is 1. The van der Waals surface area contributed by atoms with Gasteiger partial charge in [-0.1, -0.05) is 12.1 Å². The third kappa shape index (κ3) is 1.78. The first kappa shape index (κ1) is 10.7. The Kier molecular flexibility index (Phi) is 2.41. The van der Waals surface area contributed by atoms with E-state index in [0.29, 0.717) is 11.5 Å². The number of para-hydroxylation sites is 2. The van der Waals surface area contributed by atoms with Crippen molar-refractivity contribution >= 4 is 16.9 Å². The number of benzene rings is 1. The van der Waals surface area contributed by atoms with Gasteiger partial charge in [0, 0.05) is 18.0 Å². The van der Waals surface area contributed by atoms with Crippen LogP contribution in [0, 0.1) is 6.92 Å². The van der Waals surface area contributed by atoms with E-state index < -0.39 is 0 Å². The van der Waals surface area contributed by atoms with Crippen molar-refractivity contribution in [1.29, 1.82) is 0 Å². The van der Waals surface area contributed by atoms with Crippen molar-refractivity contribution in [3.05, 3.63) is 48.3 Å². The zero-order valence-electron chi connectivity index (χ0n) is 9.96. The van der Waals surface area contributed by atoms with Gasteiger partial charge in [0.25, 0.3) is 0 Å². The molecule has 2 aromatic heterocycles. The molecule has 0 saturated carbocycles. The van der Waals surface area contributed by atoms with Crippen LogP contribution in [0.3, 0.4) is 0 Å².